The third-order valence-corrected chi connectivity index (χ3v) is 2.79. The molecule has 1 N–H and O–H groups in total. The van der Waals surface area contributed by atoms with Crippen molar-refractivity contribution in [3.05, 3.63) is 38.3 Å². The average molecular weight is 298 g/mol. The van der Waals surface area contributed by atoms with Crippen LogP contribution in [0.2, 0.25) is 0 Å². The SMILES string of the molecule is CC(C#N)NC(=O)c1cccc([N+](=O)[O-])c1Br. The molecular weight excluding hydrogens is 290 g/mol. The normalized spacial score (nSPS) is 11.4. The van der Waals surface area contributed by atoms with Crippen LogP contribution in [0.1, 0.15) is 17.3 Å². The minimum absolute atomic E-state index is 0.104. The van der Waals surface area contributed by atoms with Crippen LogP contribution in [0.25, 0.3) is 0 Å². The summed E-state index contributed by atoms with van der Waals surface area (Å²) in [6.07, 6.45) is 0. The fourth-order valence-electron chi connectivity index (χ4n) is 1.14. The molecular formula is C10H8BrN3O3. The number of carbonyl (C=O) groups is 1. The van der Waals surface area contributed by atoms with Gasteiger partial charge in [-0.05, 0) is 28.9 Å². The predicted molar refractivity (Wildman–Crippen MR) is 63.3 cm³/mol. The van der Waals surface area contributed by atoms with E-state index in [1.54, 1.807) is 0 Å². The first kappa shape index (κ1) is 13.1. The molecule has 1 atom stereocenters. The third-order valence-electron chi connectivity index (χ3n) is 1.96. The number of hydrogen-bond acceptors (Lipinski definition) is 4. The van der Waals surface area contributed by atoms with E-state index in [-0.39, 0.29) is 15.7 Å². The first-order valence-corrected chi connectivity index (χ1v) is 5.40. The van der Waals surface area contributed by atoms with Crippen molar-refractivity contribution in [2.75, 3.05) is 0 Å². The first-order chi connectivity index (χ1) is 7.97. The molecule has 1 aromatic rings. The van der Waals surface area contributed by atoms with E-state index in [1.807, 2.05) is 6.07 Å². The van der Waals surface area contributed by atoms with Crippen LogP contribution in [0.15, 0.2) is 22.7 Å². The van der Waals surface area contributed by atoms with Crippen LogP contribution in [-0.4, -0.2) is 16.9 Å². The molecule has 0 radical (unpaired) electrons. The fourth-order valence-corrected chi connectivity index (χ4v) is 1.73. The van der Waals surface area contributed by atoms with Crippen LogP contribution in [0.5, 0.6) is 0 Å². The van der Waals surface area contributed by atoms with Gasteiger partial charge >= 0.3 is 0 Å². The summed E-state index contributed by atoms with van der Waals surface area (Å²) in [4.78, 5) is 21.8. The van der Waals surface area contributed by atoms with Gasteiger partial charge in [0.15, 0.2) is 0 Å². The summed E-state index contributed by atoms with van der Waals surface area (Å²) in [5.41, 5.74) is -0.0661. The third kappa shape index (κ3) is 3.01. The topological polar surface area (TPSA) is 96.0 Å². The Morgan fingerprint density at radius 3 is 2.82 bits per heavy atom. The van der Waals surface area contributed by atoms with Crippen molar-refractivity contribution in [2.24, 2.45) is 0 Å². The largest absolute Gasteiger partial charge is 0.336 e. The Balaban J connectivity index is 3.08. The fraction of sp³-hybridized carbons (Fsp3) is 0.200. The van der Waals surface area contributed by atoms with Crippen LogP contribution < -0.4 is 5.32 Å². The maximum Gasteiger partial charge on any atom is 0.284 e. The van der Waals surface area contributed by atoms with E-state index in [0.717, 1.165) is 0 Å². The molecule has 1 unspecified atom stereocenters. The quantitative estimate of drug-likeness (QED) is 0.681. The molecule has 6 nitrogen and oxygen atoms in total. The van der Waals surface area contributed by atoms with Crippen molar-refractivity contribution >= 4 is 27.5 Å². The lowest BCUT2D eigenvalue weighted by Gasteiger charge is -2.07. The monoisotopic (exact) mass is 297 g/mol. The van der Waals surface area contributed by atoms with E-state index in [2.05, 4.69) is 21.2 Å². The average Bonchev–Trinajstić information content (AvgIpc) is 2.28. The Morgan fingerprint density at radius 2 is 2.29 bits per heavy atom. The molecule has 0 spiro atoms. The molecule has 0 saturated heterocycles. The lowest BCUT2D eigenvalue weighted by molar-refractivity contribution is -0.385. The number of nitriles is 1. The number of nitro groups is 1. The van der Waals surface area contributed by atoms with Gasteiger partial charge in [-0.15, -0.1) is 0 Å². The summed E-state index contributed by atoms with van der Waals surface area (Å²) < 4.78 is 0.104. The summed E-state index contributed by atoms with van der Waals surface area (Å²) in [6, 6.07) is 5.32. The van der Waals surface area contributed by atoms with Gasteiger partial charge in [0.1, 0.15) is 10.5 Å². The van der Waals surface area contributed by atoms with Gasteiger partial charge in [-0.2, -0.15) is 5.26 Å². The van der Waals surface area contributed by atoms with E-state index in [9.17, 15) is 14.9 Å². The van der Waals surface area contributed by atoms with Crippen LogP contribution in [0.4, 0.5) is 5.69 Å². The summed E-state index contributed by atoms with van der Waals surface area (Å²) >= 11 is 3.01. The summed E-state index contributed by atoms with van der Waals surface area (Å²) in [6.45, 7) is 1.52. The van der Waals surface area contributed by atoms with Gasteiger partial charge in [-0.1, -0.05) is 6.07 Å². The second-order valence-electron chi connectivity index (χ2n) is 3.22. The summed E-state index contributed by atoms with van der Waals surface area (Å²) in [7, 11) is 0. The maximum absolute atomic E-state index is 11.7. The molecule has 0 bridgehead atoms. The Labute approximate surface area is 106 Å². The zero-order valence-corrected chi connectivity index (χ0v) is 10.4. The van der Waals surface area contributed by atoms with Gasteiger partial charge in [0.25, 0.3) is 11.6 Å². The van der Waals surface area contributed by atoms with Crippen molar-refractivity contribution in [1.82, 2.24) is 5.32 Å². The van der Waals surface area contributed by atoms with E-state index in [0.29, 0.717) is 0 Å². The zero-order valence-electron chi connectivity index (χ0n) is 8.81. The van der Waals surface area contributed by atoms with E-state index in [4.69, 9.17) is 5.26 Å². The molecule has 0 saturated carbocycles. The zero-order chi connectivity index (χ0) is 13.0. The van der Waals surface area contributed by atoms with Gasteiger partial charge < -0.3 is 5.32 Å². The van der Waals surface area contributed by atoms with Gasteiger partial charge in [-0.3, -0.25) is 14.9 Å². The minimum atomic E-state index is -0.659. The van der Waals surface area contributed by atoms with Crippen molar-refractivity contribution in [2.45, 2.75) is 13.0 Å². The van der Waals surface area contributed by atoms with Crippen molar-refractivity contribution in [1.29, 1.82) is 5.26 Å². The number of benzene rings is 1. The number of carbonyl (C=O) groups excluding carboxylic acids is 1. The van der Waals surface area contributed by atoms with Crippen LogP contribution in [0, 0.1) is 21.4 Å². The Kier molecular flexibility index (Phi) is 4.17. The van der Waals surface area contributed by atoms with Crippen LogP contribution in [-0.2, 0) is 0 Å². The molecule has 1 amide bonds. The number of nitro benzene ring substituents is 1. The van der Waals surface area contributed by atoms with E-state index in [1.165, 1.54) is 25.1 Å². The predicted octanol–water partition coefficient (Wildman–Crippen LogP) is 2.00. The van der Waals surface area contributed by atoms with Crippen molar-refractivity contribution < 1.29 is 9.72 Å². The minimum Gasteiger partial charge on any atom is -0.336 e. The molecule has 0 heterocycles. The van der Waals surface area contributed by atoms with Crippen LogP contribution in [0.3, 0.4) is 0 Å². The van der Waals surface area contributed by atoms with Gasteiger partial charge in [0.05, 0.1) is 16.6 Å². The molecule has 88 valence electrons. The molecule has 0 aromatic heterocycles. The number of amides is 1. The lowest BCUT2D eigenvalue weighted by Crippen LogP contribution is -2.31. The van der Waals surface area contributed by atoms with Crippen LogP contribution >= 0.6 is 15.9 Å². The van der Waals surface area contributed by atoms with Crippen molar-refractivity contribution in [3.8, 4) is 6.07 Å². The molecule has 0 aliphatic heterocycles. The first-order valence-electron chi connectivity index (χ1n) is 4.60. The number of rotatable bonds is 3. The Hall–Kier alpha value is -1.94. The van der Waals surface area contributed by atoms with Crippen molar-refractivity contribution in [3.63, 3.8) is 0 Å². The molecule has 1 aromatic carbocycles. The summed E-state index contributed by atoms with van der Waals surface area (Å²) in [5.74, 6) is -0.533. The number of halogens is 1. The number of nitrogens with zero attached hydrogens (tertiary/aromatic N) is 2. The molecule has 1 rings (SSSR count). The molecule has 7 heteroatoms. The lowest BCUT2D eigenvalue weighted by atomic mass is 10.2. The highest BCUT2D eigenvalue weighted by molar-refractivity contribution is 9.10. The standard InChI is InChI=1S/C10H8BrN3O3/c1-6(5-12)13-10(15)7-3-2-4-8(9(7)11)14(16)17/h2-4,6H,1H3,(H,13,15). The Morgan fingerprint density at radius 1 is 1.65 bits per heavy atom. The van der Waals surface area contributed by atoms with E-state index >= 15 is 0 Å². The summed E-state index contributed by atoms with van der Waals surface area (Å²) in [5, 5.41) is 21.6. The second-order valence-corrected chi connectivity index (χ2v) is 4.01. The molecule has 17 heavy (non-hydrogen) atoms. The highest BCUT2D eigenvalue weighted by atomic mass is 79.9. The molecule has 0 aliphatic rings. The second kappa shape index (κ2) is 5.41. The molecule has 0 fully saturated rings. The highest BCUT2D eigenvalue weighted by Gasteiger charge is 2.20. The highest BCUT2D eigenvalue weighted by Crippen LogP contribution is 2.28. The number of hydrogen-bond donors (Lipinski definition) is 1. The van der Waals surface area contributed by atoms with Gasteiger partial charge in [-0.25, -0.2) is 0 Å². The smallest absolute Gasteiger partial charge is 0.284 e. The Bertz CT molecular complexity index is 510. The van der Waals surface area contributed by atoms with Gasteiger partial charge in [0.2, 0.25) is 0 Å². The maximum atomic E-state index is 11.7. The molecule has 0 aliphatic carbocycles. The number of nitrogens with one attached hydrogen (secondary N) is 1. The van der Waals surface area contributed by atoms with E-state index < -0.39 is 16.9 Å². The van der Waals surface area contributed by atoms with Gasteiger partial charge in [0, 0.05) is 6.07 Å².